The number of rotatable bonds is 8. The number of aryl methyl sites for hydroxylation is 1. The van der Waals surface area contributed by atoms with Gasteiger partial charge >= 0.3 is 0 Å². The second-order valence-electron chi connectivity index (χ2n) is 7.66. The van der Waals surface area contributed by atoms with Crippen LogP contribution in [0.5, 0.6) is 0 Å². The average Bonchev–Trinajstić information content (AvgIpc) is 3.45. The lowest BCUT2D eigenvalue weighted by Gasteiger charge is -2.11. The molecule has 0 saturated carbocycles. The van der Waals surface area contributed by atoms with Crippen LogP contribution in [0.2, 0.25) is 0 Å². The van der Waals surface area contributed by atoms with E-state index in [4.69, 9.17) is 9.72 Å². The van der Waals surface area contributed by atoms with Crippen LogP contribution in [0, 0.1) is 6.92 Å². The van der Waals surface area contributed by atoms with E-state index >= 15 is 0 Å². The smallest absolute Gasteiger partial charge is 0.251 e. The first-order chi connectivity index (χ1) is 14.7. The van der Waals surface area contributed by atoms with Gasteiger partial charge in [0.25, 0.3) is 5.91 Å². The molecule has 1 atom stereocenters. The summed E-state index contributed by atoms with van der Waals surface area (Å²) < 4.78 is 5.56. The Morgan fingerprint density at radius 1 is 1.20 bits per heavy atom. The van der Waals surface area contributed by atoms with Crippen molar-refractivity contribution in [1.29, 1.82) is 0 Å². The van der Waals surface area contributed by atoms with Crippen molar-refractivity contribution in [2.75, 3.05) is 13.2 Å². The average molecular weight is 422 g/mol. The van der Waals surface area contributed by atoms with Gasteiger partial charge in [-0.2, -0.15) is 0 Å². The Morgan fingerprint density at radius 2 is 2.07 bits per heavy atom. The lowest BCUT2D eigenvalue weighted by atomic mass is 10.1. The van der Waals surface area contributed by atoms with Crippen molar-refractivity contribution in [2.24, 2.45) is 0 Å². The Hall–Kier alpha value is -2.54. The molecule has 0 radical (unpaired) electrons. The summed E-state index contributed by atoms with van der Waals surface area (Å²) in [5.41, 5.74) is 5.19. The molecule has 1 aromatic heterocycles. The Morgan fingerprint density at radius 3 is 2.87 bits per heavy atom. The van der Waals surface area contributed by atoms with Crippen LogP contribution in [0.1, 0.15) is 40.0 Å². The van der Waals surface area contributed by atoms with Gasteiger partial charge in [-0.25, -0.2) is 4.98 Å². The van der Waals surface area contributed by atoms with E-state index < -0.39 is 0 Å². The molecule has 1 amide bonds. The second kappa shape index (κ2) is 9.98. The summed E-state index contributed by atoms with van der Waals surface area (Å²) in [5, 5.41) is 9.54. The topological polar surface area (TPSA) is 63.2 Å². The molecule has 30 heavy (non-hydrogen) atoms. The van der Waals surface area contributed by atoms with Crippen LogP contribution in [0.15, 0.2) is 53.9 Å². The van der Waals surface area contributed by atoms with E-state index in [-0.39, 0.29) is 12.0 Å². The number of ether oxygens (including phenoxy) is 1. The number of amides is 1. The predicted octanol–water partition coefficient (Wildman–Crippen LogP) is 4.32. The number of hydrogen-bond acceptors (Lipinski definition) is 5. The largest absolute Gasteiger partial charge is 0.376 e. The third kappa shape index (κ3) is 5.53. The normalized spacial score (nSPS) is 16.0. The highest BCUT2D eigenvalue weighted by atomic mass is 32.1. The molecule has 6 heteroatoms. The third-order valence-electron chi connectivity index (χ3n) is 5.19. The number of aromatic nitrogens is 1. The number of nitrogens with zero attached hydrogens (tertiary/aromatic N) is 1. The van der Waals surface area contributed by atoms with Crippen LogP contribution in [-0.2, 0) is 17.8 Å². The molecule has 4 rings (SSSR count). The number of hydrogen-bond donors (Lipinski definition) is 2. The van der Waals surface area contributed by atoms with Gasteiger partial charge in [0.1, 0.15) is 5.01 Å². The lowest BCUT2D eigenvalue weighted by Crippen LogP contribution is -2.31. The fraction of sp³-hybridized carbons (Fsp3) is 0.333. The van der Waals surface area contributed by atoms with Crippen molar-refractivity contribution >= 4 is 17.2 Å². The molecule has 0 spiro atoms. The molecule has 1 aliphatic rings. The number of thiazole rings is 1. The summed E-state index contributed by atoms with van der Waals surface area (Å²) in [7, 11) is 0. The van der Waals surface area contributed by atoms with E-state index in [1.54, 1.807) is 11.3 Å². The fourth-order valence-corrected chi connectivity index (χ4v) is 4.31. The summed E-state index contributed by atoms with van der Waals surface area (Å²) >= 11 is 1.66. The van der Waals surface area contributed by atoms with E-state index in [0.29, 0.717) is 25.2 Å². The molecule has 1 fully saturated rings. The summed E-state index contributed by atoms with van der Waals surface area (Å²) in [6.45, 7) is 4.84. The highest BCUT2D eigenvalue weighted by Crippen LogP contribution is 2.24. The van der Waals surface area contributed by atoms with Crippen LogP contribution in [-0.4, -0.2) is 30.1 Å². The molecule has 3 aromatic rings. The summed E-state index contributed by atoms with van der Waals surface area (Å²) in [5.74, 6) is -0.0467. The molecule has 2 aromatic carbocycles. The number of nitrogens with one attached hydrogen (secondary N) is 2. The minimum atomic E-state index is -0.0467. The first kappa shape index (κ1) is 20.7. The van der Waals surface area contributed by atoms with Gasteiger partial charge in [-0.05, 0) is 37.5 Å². The van der Waals surface area contributed by atoms with Crippen molar-refractivity contribution in [1.82, 2.24) is 15.6 Å². The van der Waals surface area contributed by atoms with Gasteiger partial charge in [0.05, 0.1) is 11.8 Å². The van der Waals surface area contributed by atoms with Crippen LogP contribution in [0.25, 0.3) is 10.6 Å². The molecule has 1 aliphatic heterocycles. The van der Waals surface area contributed by atoms with Crippen molar-refractivity contribution < 1.29 is 9.53 Å². The van der Waals surface area contributed by atoms with Gasteiger partial charge in [-0.1, -0.05) is 42.0 Å². The number of benzene rings is 2. The number of carbonyl (C=O) groups excluding carboxylic acids is 1. The van der Waals surface area contributed by atoms with Crippen molar-refractivity contribution in [2.45, 2.75) is 39.0 Å². The van der Waals surface area contributed by atoms with Crippen LogP contribution in [0.3, 0.4) is 0 Å². The van der Waals surface area contributed by atoms with Gasteiger partial charge in [0.15, 0.2) is 0 Å². The molecular formula is C24H27N3O2S. The Balaban J connectivity index is 1.27. The van der Waals surface area contributed by atoms with Gasteiger partial charge in [-0.15, -0.1) is 11.3 Å². The Bertz CT molecular complexity index is 978. The summed E-state index contributed by atoms with van der Waals surface area (Å²) in [4.78, 5) is 17.1. The first-order valence-corrected chi connectivity index (χ1v) is 11.3. The zero-order valence-electron chi connectivity index (χ0n) is 17.2. The lowest BCUT2D eigenvalue weighted by molar-refractivity contribution is 0.0857. The van der Waals surface area contributed by atoms with Crippen LogP contribution < -0.4 is 10.6 Å². The van der Waals surface area contributed by atoms with E-state index in [1.165, 1.54) is 5.56 Å². The van der Waals surface area contributed by atoms with Crippen molar-refractivity contribution in [3.05, 3.63) is 76.3 Å². The standard InChI is InChI=1S/C24H27N3O2S/c1-17-7-9-19(10-8-17)24-27-21(16-30-24)14-25-13-18-4-2-5-20(12-18)23(28)26-15-22-6-3-11-29-22/h2,4-5,7-10,12,16,22,25H,3,6,11,13-15H2,1H3,(H,26,28). The van der Waals surface area contributed by atoms with Crippen molar-refractivity contribution in [3.8, 4) is 10.6 Å². The minimum absolute atomic E-state index is 0.0467. The molecular weight excluding hydrogens is 394 g/mol. The molecule has 0 bridgehead atoms. The van der Waals surface area contributed by atoms with Crippen molar-refractivity contribution in [3.63, 3.8) is 0 Å². The van der Waals surface area contributed by atoms with E-state index in [0.717, 1.165) is 41.3 Å². The maximum Gasteiger partial charge on any atom is 0.251 e. The summed E-state index contributed by atoms with van der Waals surface area (Å²) in [6, 6.07) is 16.2. The van der Waals surface area contributed by atoms with Gasteiger partial charge < -0.3 is 15.4 Å². The molecule has 0 aliphatic carbocycles. The minimum Gasteiger partial charge on any atom is -0.376 e. The zero-order valence-corrected chi connectivity index (χ0v) is 18.0. The zero-order chi connectivity index (χ0) is 20.8. The third-order valence-corrected chi connectivity index (χ3v) is 6.13. The molecule has 2 N–H and O–H groups in total. The predicted molar refractivity (Wildman–Crippen MR) is 121 cm³/mol. The van der Waals surface area contributed by atoms with E-state index in [2.05, 4.69) is 47.2 Å². The van der Waals surface area contributed by atoms with Gasteiger partial charge in [-0.3, -0.25) is 4.79 Å². The maximum atomic E-state index is 12.4. The van der Waals surface area contributed by atoms with Crippen LogP contribution >= 0.6 is 11.3 Å². The highest BCUT2D eigenvalue weighted by Gasteiger charge is 2.16. The summed E-state index contributed by atoms with van der Waals surface area (Å²) in [6.07, 6.45) is 2.25. The van der Waals surface area contributed by atoms with E-state index in [9.17, 15) is 4.79 Å². The SMILES string of the molecule is Cc1ccc(-c2nc(CNCc3cccc(C(=O)NCC4CCCO4)c3)cs2)cc1. The maximum absolute atomic E-state index is 12.4. The van der Waals surface area contributed by atoms with Gasteiger partial charge in [0, 0.05) is 42.7 Å². The highest BCUT2D eigenvalue weighted by molar-refractivity contribution is 7.13. The Labute approximate surface area is 181 Å². The van der Waals surface area contributed by atoms with Crippen LogP contribution in [0.4, 0.5) is 0 Å². The van der Waals surface area contributed by atoms with Gasteiger partial charge in [0.2, 0.25) is 0 Å². The molecule has 1 saturated heterocycles. The molecule has 2 heterocycles. The quantitative estimate of drug-likeness (QED) is 0.569. The van der Waals surface area contributed by atoms with E-state index in [1.807, 2.05) is 24.3 Å². The fourth-order valence-electron chi connectivity index (χ4n) is 3.49. The number of carbonyl (C=O) groups is 1. The first-order valence-electron chi connectivity index (χ1n) is 10.4. The second-order valence-corrected chi connectivity index (χ2v) is 8.52. The Kier molecular flexibility index (Phi) is 6.89. The molecule has 1 unspecified atom stereocenters. The monoisotopic (exact) mass is 421 g/mol. The molecule has 156 valence electrons. The molecule has 5 nitrogen and oxygen atoms in total.